The average molecular weight is 317 g/mol. The van der Waals surface area contributed by atoms with E-state index in [-0.39, 0.29) is 5.82 Å². The molecule has 0 fully saturated rings. The molecule has 0 spiro atoms. The molecule has 0 heterocycles. The van der Waals surface area contributed by atoms with Crippen LogP contribution < -0.4 is 5.32 Å². The van der Waals surface area contributed by atoms with Crippen LogP contribution in [-0.2, 0) is 16.0 Å². The van der Waals surface area contributed by atoms with E-state index in [9.17, 15) is 9.18 Å². The molecule has 0 bridgehead atoms. The molecule has 23 heavy (non-hydrogen) atoms. The van der Waals surface area contributed by atoms with Crippen LogP contribution in [0.2, 0.25) is 0 Å². The first-order chi connectivity index (χ1) is 11.1. The van der Waals surface area contributed by atoms with E-state index in [0.29, 0.717) is 12.1 Å². The zero-order chi connectivity index (χ0) is 16.7. The molecule has 0 saturated carbocycles. The van der Waals surface area contributed by atoms with Crippen molar-refractivity contribution in [3.8, 4) is 0 Å². The number of hydrogen-bond acceptors (Lipinski definition) is 3. The maximum absolute atomic E-state index is 13.9. The Bertz CT molecular complexity index is 633. The third-order valence-corrected chi connectivity index (χ3v) is 3.46. The van der Waals surface area contributed by atoms with Gasteiger partial charge in [-0.1, -0.05) is 48.5 Å². The summed E-state index contributed by atoms with van der Waals surface area (Å²) >= 11 is 0. The number of nitrogens with one attached hydrogen (secondary N) is 1. The smallest absolute Gasteiger partial charge is 0.407 e. The molecular formula is C18H20FNO3. The van der Waals surface area contributed by atoms with E-state index >= 15 is 0 Å². The SMILES string of the molecule is CO[C@@H](c1ccccc1F)[C@H](C)OC(=O)NCc1ccccc1. The highest BCUT2D eigenvalue weighted by Crippen LogP contribution is 2.25. The highest BCUT2D eigenvalue weighted by atomic mass is 19.1. The van der Waals surface area contributed by atoms with Crippen molar-refractivity contribution < 1.29 is 18.7 Å². The molecule has 0 radical (unpaired) electrons. The molecule has 2 rings (SSSR count). The molecule has 0 unspecified atom stereocenters. The largest absolute Gasteiger partial charge is 0.443 e. The lowest BCUT2D eigenvalue weighted by Crippen LogP contribution is -2.31. The maximum atomic E-state index is 13.9. The molecule has 2 atom stereocenters. The van der Waals surface area contributed by atoms with E-state index in [1.165, 1.54) is 13.2 Å². The van der Waals surface area contributed by atoms with Crippen molar-refractivity contribution in [2.45, 2.75) is 25.7 Å². The molecular weight excluding hydrogens is 297 g/mol. The number of amides is 1. The summed E-state index contributed by atoms with van der Waals surface area (Å²) in [5.41, 5.74) is 1.33. The molecule has 0 aliphatic rings. The monoisotopic (exact) mass is 317 g/mol. The summed E-state index contributed by atoms with van der Waals surface area (Å²) in [4.78, 5) is 11.9. The number of rotatable bonds is 6. The highest BCUT2D eigenvalue weighted by molar-refractivity contribution is 5.67. The Balaban J connectivity index is 1.92. The van der Waals surface area contributed by atoms with Crippen molar-refractivity contribution in [3.05, 3.63) is 71.5 Å². The Morgan fingerprint density at radius 2 is 1.78 bits per heavy atom. The molecule has 2 aromatic carbocycles. The molecule has 1 amide bonds. The first kappa shape index (κ1) is 17.0. The van der Waals surface area contributed by atoms with Gasteiger partial charge in [-0.3, -0.25) is 0 Å². The summed E-state index contributed by atoms with van der Waals surface area (Å²) in [5.74, 6) is -0.389. The van der Waals surface area contributed by atoms with Gasteiger partial charge in [0.1, 0.15) is 18.0 Å². The number of carbonyl (C=O) groups is 1. The van der Waals surface area contributed by atoms with Gasteiger partial charge in [-0.25, -0.2) is 9.18 Å². The van der Waals surface area contributed by atoms with Crippen molar-refractivity contribution in [1.82, 2.24) is 5.32 Å². The summed E-state index contributed by atoms with van der Waals surface area (Å²) in [6.45, 7) is 2.03. The van der Waals surface area contributed by atoms with Gasteiger partial charge in [-0.15, -0.1) is 0 Å². The van der Waals surface area contributed by atoms with Crippen molar-refractivity contribution in [2.24, 2.45) is 0 Å². The van der Waals surface area contributed by atoms with Gasteiger partial charge in [0, 0.05) is 19.2 Å². The van der Waals surface area contributed by atoms with E-state index in [2.05, 4.69) is 5.32 Å². The van der Waals surface area contributed by atoms with Crippen molar-refractivity contribution >= 4 is 6.09 Å². The minimum absolute atomic E-state index is 0.360. The van der Waals surface area contributed by atoms with Crippen LogP contribution in [0.3, 0.4) is 0 Å². The van der Waals surface area contributed by atoms with Crippen LogP contribution in [0, 0.1) is 5.82 Å². The van der Waals surface area contributed by atoms with Crippen molar-refractivity contribution in [3.63, 3.8) is 0 Å². The van der Waals surface area contributed by atoms with Crippen molar-refractivity contribution in [1.29, 1.82) is 0 Å². The third-order valence-electron chi connectivity index (χ3n) is 3.46. The van der Waals surface area contributed by atoms with E-state index in [0.717, 1.165) is 5.56 Å². The number of methoxy groups -OCH3 is 1. The molecule has 4 nitrogen and oxygen atoms in total. The standard InChI is InChI=1S/C18H20FNO3/c1-13(17(22-2)15-10-6-7-11-16(15)19)23-18(21)20-12-14-8-4-3-5-9-14/h3-11,13,17H,12H2,1-2H3,(H,20,21)/t13-,17+/m0/s1. The first-order valence-corrected chi connectivity index (χ1v) is 7.37. The first-order valence-electron chi connectivity index (χ1n) is 7.37. The molecule has 2 aromatic rings. The predicted molar refractivity (Wildman–Crippen MR) is 85.4 cm³/mol. The topological polar surface area (TPSA) is 47.6 Å². The summed E-state index contributed by atoms with van der Waals surface area (Å²) in [5, 5.41) is 2.66. The van der Waals surface area contributed by atoms with Gasteiger partial charge in [0.15, 0.2) is 0 Å². The lowest BCUT2D eigenvalue weighted by molar-refractivity contribution is -0.0166. The number of alkyl carbamates (subject to hydrolysis) is 1. The summed E-state index contributed by atoms with van der Waals surface area (Å²) in [6, 6.07) is 15.8. The Labute approximate surface area is 135 Å². The van der Waals surface area contributed by atoms with E-state index in [1.54, 1.807) is 25.1 Å². The maximum Gasteiger partial charge on any atom is 0.407 e. The van der Waals surface area contributed by atoms with Gasteiger partial charge >= 0.3 is 6.09 Å². The second kappa shape index (κ2) is 8.29. The van der Waals surface area contributed by atoms with Crippen molar-refractivity contribution in [2.75, 3.05) is 7.11 Å². The second-order valence-corrected chi connectivity index (χ2v) is 5.13. The van der Waals surface area contributed by atoms with Crippen LogP contribution in [0.25, 0.3) is 0 Å². The minimum Gasteiger partial charge on any atom is -0.443 e. The lowest BCUT2D eigenvalue weighted by atomic mass is 10.0. The van der Waals surface area contributed by atoms with Gasteiger partial charge in [0.25, 0.3) is 0 Å². The minimum atomic E-state index is -0.668. The summed E-state index contributed by atoms with van der Waals surface area (Å²) in [6.07, 6.45) is -1.87. The number of carbonyl (C=O) groups excluding carboxylic acids is 1. The number of hydrogen-bond donors (Lipinski definition) is 1. The number of benzene rings is 2. The van der Waals surface area contributed by atoms with Crippen LogP contribution in [0.1, 0.15) is 24.2 Å². The summed E-state index contributed by atoms with van der Waals surface area (Å²) in [7, 11) is 1.46. The van der Waals surface area contributed by atoms with E-state index in [1.807, 2.05) is 30.3 Å². The fraction of sp³-hybridized carbons (Fsp3) is 0.278. The Morgan fingerprint density at radius 3 is 2.43 bits per heavy atom. The molecule has 0 aliphatic carbocycles. The number of ether oxygens (including phenoxy) is 2. The quantitative estimate of drug-likeness (QED) is 0.881. The molecule has 5 heteroatoms. The third kappa shape index (κ3) is 4.79. The molecule has 0 aliphatic heterocycles. The van der Waals surface area contributed by atoms with Crippen LogP contribution in [-0.4, -0.2) is 19.3 Å². The van der Waals surface area contributed by atoms with E-state index < -0.39 is 18.3 Å². The normalized spacial score (nSPS) is 13.2. The zero-order valence-corrected chi connectivity index (χ0v) is 13.2. The van der Waals surface area contributed by atoms with Gasteiger partial charge < -0.3 is 14.8 Å². The zero-order valence-electron chi connectivity index (χ0n) is 13.2. The summed E-state index contributed by atoms with van der Waals surface area (Å²) < 4.78 is 24.4. The van der Waals surface area contributed by atoms with Crippen LogP contribution in [0.4, 0.5) is 9.18 Å². The van der Waals surface area contributed by atoms with E-state index in [4.69, 9.17) is 9.47 Å². The fourth-order valence-electron chi connectivity index (χ4n) is 2.32. The van der Waals surface area contributed by atoms with Gasteiger partial charge in [-0.2, -0.15) is 0 Å². The van der Waals surface area contributed by atoms with Crippen LogP contribution in [0.5, 0.6) is 0 Å². The Morgan fingerprint density at radius 1 is 1.13 bits per heavy atom. The van der Waals surface area contributed by atoms with Gasteiger partial charge in [0.2, 0.25) is 0 Å². The average Bonchev–Trinajstić information content (AvgIpc) is 2.56. The molecule has 0 aromatic heterocycles. The Kier molecular flexibility index (Phi) is 6.11. The van der Waals surface area contributed by atoms with Crippen LogP contribution in [0.15, 0.2) is 54.6 Å². The lowest BCUT2D eigenvalue weighted by Gasteiger charge is -2.23. The second-order valence-electron chi connectivity index (χ2n) is 5.13. The van der Waals surface area contributed by atoms with Gasteiger partial charge in [0.05, 0.1) is 0 Å². The fourth-order valence-corrected chi connectivity index (χ4v) is 2.32. The molecule has 1 N–H and O–H groups in total. The predicted octanol–water partition coefficient (Wildman–Crippen LogP) is 3.83. The highest BCUT2D eigenvalue weighted by Gasteiger charge is 2.25. The van der Waals surface area contributed by atoms with Crippen LogP contribution >= 0.6 is 0 Å². The van der Waals surface area contributed by atoms with Gasteiger partial charge in [-0.05, 0) is 18.6 Å². The molecule has 122 valence electrons. The molecule has 0 saturated heterocycles. The number of halogens is 1. The Hall–Kier alpha value is -2.40.